The van der Waals surface area contributed by atoms with Crippen molar-refractivity contribution in [3.63, 3.8) is 0 Å². The van der Waals surface area contributed by atoms with Crippen LogP contribution in [-0.4, -0.2) is 45.8 Å². The van der Waals surface area contributed by atoms with Crippen LogP contribution in [0.1, 0.15) is 72.4 Å². The minimum absolute atomic E-state index is 0.0169. The first-order valence-electron chi connectivity index (χ1n) is 12.4. The van der Waals surface area contributed by atoms with Gasteiger partial charge < -0.3 is 9.26 Å². The van der Waals surface area contributed by atoms with Crippen LogP contribution < -0.4 is 4.74 Å². The smallest absolute Gasteiger partial charge is 0.218 e. The molecule has 0 N–H and O–H groups in total. The molecule has 3 aromatic rings. The van der Waals surface area contributed by atoms with E-state index in [1.807, 2.05) is 18.3 Å². The first-order chi connectivity index (χ1) is 17.0. The minimum Gasteiger partial charge on any atom is -0.473 e. The van der Waals surface area contributed by atoms with Gasteiger partial charge in [0, 0.05) is 23.6 Å². The van der Waals surface area contributed by atoms with Gasteiger partial charge in [-0.05, 0) is 76.2 Å². The maximum atomic E-state index is 10.0. The molecular formula is C27H28ClN5O2. The van der Waals surface area contributed by atoms with E-state index in [1.165, 1.54) is 6.42 Å². The molecule has 0 bridgehead atoms. The zero-order chi connectivity index (χ0) is 24.2. The number of fused-ring (bicyclic) bond motifs is 4. The highest BCUT2D eigenvalue weighted by molar-refractivity contribution is 6.29. The van der Waals surface area contributed by atoms with Gasteiger partial charge in [0.25, 0.3) is 0 Å². The summed E-state index contributed by atoms with van der Waals surface area (Å²) in [5.41, 5.74) is 3.37. The molecule has 0 saturated carbocycles. The zero-order valence-electron chi connectivity index (χ0n) is 20.0. The summed E-state index contributed by atoms with van der Waals surface area (Å²) in [4.78, 5) is 12.0. The molecule has 3 heterocycles. The Balaban J connectivity index is 1.45. The fraction of sp³-hybridized carbons (Fsp3) is 0.481. The predicted octanol–water partition coefficient (Wildman–Crippen LogP) is 4.81. The number of ether oxygens (including phenoxy) is 1. The third kappa shape index (κ3) is 3.54. The molecule has 8 heteroatoms. The Morgan fingerprint density at radius 2 is 2.17 bits per heavy atom. The number of nitriles is 1. The molecule has 1 aromatic carbocycles. The van der Waals surface area contributed by atoms with Crippen LogP contribution >= 0.6 is 11.6 Å². The first kappa shape index (κ1) is 22.5. The Morgan fingerprint density at radius 3 is 2.97 bits per heavy atom. The Hall–Kier alpha value is -2.95. The number of hydrogen-bond donors (Lipinski definition) is 0. The van der Waals surface area contributed by atoms with Crippen molar-refractivity contribution in [3.8, 4) is 11.9 Å². The molecule has 2 aliphatic carbocycles. The molecule has 180 valence electrons. The molecule has 3 aliphatic rings. The zero-order valence-corrected chi connectivity index (χ0v) is 20.8. The normalized spacial score (nSPS) is 26.3. The Labute approximate surface area is 210 Å². The highest BCUT2D eigenvalue weighted by Gasteiger charge is 2.55. The van der Waals surface area contributed by atoms with E-state index in [9.17, 15) is 5.26 Å². The summed E-state index contributed by atoms with van der Waals surface area (Å²) in [5.74, 6) is 1.82. The molecule has 2 aromatic heterocycles. The van der Waals surface area contributed by atoms with Crippen molar-refractivity contribution in [2.75, 3.05) is 13.6 Å². The van der Waals surface area contributed by atoms with E-state index in [0.717, 1.165) is 54.7 Å². The van der Waals surface area contributed by atoms with E-state index in [4.69, 9.17) is 30.8 Å². The van der Waals surface area contributed by atoms with Crippen molar-refractivity contribution < 1.29 is 9.26 Å². The second kappa shape index (κ2) is 8.61. The largest absolute Gasteiger partial charge is 0.473 e. The number of nitrogens with zero attached hydrogens (tertiary/aromatic N) is 5. The molecule has 1 aliphatic heterocycles. The average Bonchev–Trinajstić information content (AvgIpc) is 3.57. The van der Waals surface area contributed by atoms with E-state index in [-0.39, 0.29) is 12.0 Å². The molecule has 2 unspecified atom stereocenters. The van der Waals surface area contributed by atoms with Gasteiger partial charge in [-0.3, -0.25) is 4.90 Å². The van der Waals surface area contributed by atoms with Crippen molar-refractivity contribution in [1.29, 1.82) is 5.26 Å². The summed E-state index contributed by atoms with van der Waals surface area (Å²) >= 11 is 6.55. The van der Waals surface area contributed by atoms with Crippen LogP contribution in [0.5, 0.6) is 5.88 Å². The summed E-state index contributed by atoms with van der Waals surface area (Å²) in [6.45, 7) is 3.17. The van der Waals surface area contributed by atoms with Gasteiger partial charge in [-0.15, -0.1) is 0 Å². The Kier molecular flexibility index (Phi) is 5.54. The first-order valence-corrected chi connectivity index (χ1v) is 12.8. The lowest BCUT2D eigenvalue weighted by atomic mass is 9.64. The lowest BCUT2D eigenvalue weighted by Crippen LogP contribution is -2.38. The van der Waals surface area contributed by atoms with Crippen molar-refractivity contribution in [3.05, 3.63) is 69.5 Å². The lowest BCUT2D eigenvalue weighted by Gasteiger charge is -2.37. The standard InChI is InChI=1S/C27H28ClN5O2/c1-16(21-9-5-11-33(21)2)34-23-13-22(28)31-26(32-23)20-12-17-6-3-7-18(14-29)24(17)27(20)10-4-8-19-15-30-35-25(19)27/h3,6-7,13,15-16,20-21H,4-5,8-12H2,1-2H3/t16-,20?,21-,27?/m0/s1. The molecule has 0 amide bonds. The van der Waals surface area contributed by atoms with Crippen molar-refractivity contribution in [2.45, 2.75) is 68.9 Å². The average molecular weight is 490 g/mol. The predicted molar refractivity (Wildman–Crippen MR) is 131 cm³/mol. The van der Waals surface area contributed by atoms with Crippen LogP contribution in [-0.2, 0) is 18.3 Å². The van der Waals surface area contributed by atoms with E-state index >= 15 is 0 Å². The van der Waals surface area contributed by atoms with Crippen molar-refractivity contribution in [1.82, 2.24) is 20.0 Å². The fourth-order valence-electron chi connectivity index (χ4n) is 6.75. The van der Waals surface area contributed by atoms with Crippen LogP contribution in [0.3, 0.4) is 0 Å². The lowest BCUT2D eigenvalue weighted by molar-refractivity contribution is 0.116. The molecule has 1 fully saturated rings. The number of benzene rings is 1. The van der Waals surface area contributed by atoms with Gasteiger partial charge in [-0.1, -0.05) is 28.9 Å². The number of halogens is 1. The van der Waals surface area contributed by atoms with Crippen molar-refractivity contribution >= 4 is 11.6 Å². The van der Waals surface area contributed by atoms with E-state index in [0.29, 0.717) is 34.9 Å². The van der Waals surface area contributed by atoms with E-state index in [1.54, 1.807) is 6.07 Å². The Bertz CT molecular complexity index is 1320. The summed E-state index contributed by atoms with van der Waals surface area (Å²) in [5, 5.41) is 14.5. The summed E-state index contributed by atoms with van der Waals surface area (Å²) in [6.07, 6.45) is 7.49. The molecule has 35 heavy (non-hydrogen) atoms. The number of aromatic nitrogens is 3. The summed E-state index contributed by atoms with van der Waals surface area (Å²) < 4.78 is 12.3. The third-order valence-corrected chi connectivity index (χ3v) is 8.42. The van der Waals surface area contributed by atoms with Gasteiger partial charge >= 0.3 is 0 Å². The maximum absolute atomic E-state index is 10.0. The number of likely N-dealkylation sites (tertiary alicyclic amines) is 1. The second-order valence-electron chi connectivity index (χ2n) is 10.1. The molecule has 1 spiro atoms. The van der Waals surface area contributed by atoms with Crippen molar-refractivity contribution in [2.24, 2.45) is 0 Å². The van der Waals surface area contributed by atoms with Gasteiger partial charge in [0.05, 0.1) is 23.2 Å². The molecule has 6 rings (SSSR count). The summed E-state index contributed by atoms with van der Waals surface area (Å²) in [6, 6.07) is 10.4. The highest BCUT2D eigenvalue weighted by Crippen LogP contribution is 2.58. The maximum Gasteiger partial charge on any atom is 0.218 e. The quantitative estimate of drug-likeness (QED) is 0.486. The number of rotatable bonds is 4. The fourth-order valence-corrected chi connectivity index (χ4v) is 6.93. The van der Waals surface area contributed by atoms with Crippen LogP contribution in [0.2, 0.25) is 5.15 Å². The van der Waals surface area contributed by atoms with Crippen LogP contribution in [0.15, 0.2) is 35.0 Å². The van der Waals surface area contributed by atoms with Crippen LogP contribution in [0.4, 0.5) is 0 Å². The third-order valence-electron chi connectivity index (χ3n) is 8.23. The van der Waals surface area contributed by atoms with Gasteiger partial charge in [0.15, 0.2) is 5.76 Å². The van der Waals surface area contributed by atoms with Crippen LogP contribution in [0, 0.1) is 11.3 Å². The summed E-state index contributed by atoms with van der Waals surface area (Å²) in [7, 11) is 2.14. The molecule has 1 saturated heterocycles. The molecule has 0 radical (unpaired) electrons. The number of aryl methyl sites for hydroxylation is 1. The highest BCUT2D eigenvalue weighted by atomic mass is 35.5. The van der Waals surface area contributed by atoms with Gasteiger partial charge in [-0.2, -0.15) is 10.2 Å². The van der Waals surface area contributed by atoms with Gasteiger partial charge in [0.1, 0.15) is 17.1 Å². The van der Waals surface area contributed by atoms with Gasteiger partial charge in [-0.25, -0.2) is 4.98 Å². The Morgan fingerprint density at radius 1 is 1.29 bits per heavy atom. The monoisotopic (exact) mass is 489 g/mol. The number of likely N-dealkylation sites (N-methyl/N-ethyl adjacent to an activating group) is 1. The van der Waals surface area contributed by atoms with Crippen LogP contribution in [0.25, 0.3) is 0 Å². The topological polar surface area (TPSA) is 88.1 Å². The molecule has 4 atom stereocenters. The molecular weight excluding hydrogens is 462 g/mol. The van der Waals surface area contributed by atoms with Gasteiger partial charge in [0.2, 0.25) is 5.88 Å². The molecule has 7 nitrogen and oxygen atoms in total. The number of hydrogen-bond acceptors (Lipinski definition) is 7. The van der Waals surface area contributed by atoms with E-state index < -0.39 is 5.41 Å². The minimum atomic E-state index is -0.551. The second-order valence-corrected chi connectivity index (χ2v) is 10.5. The van der Waals surface area contributed by atoms with E-state index in [2.05, 4.69) is 36.2 Å². The SMILES string of the molecule is C[C@H](Oc1cc(Cl)nc(C2Cc3cccc(C#N)c3C23CCCc2cnoc23)n1)[C@@H]1CCCN1C.